The summed E-state index contributed by atoms with van der Waals surface area (Å²) in [6, 6.07) is 9.86. The Morgan fingerprint density at radius 3 is 2.71 bits per heavy atom. The number of ether oxygens (including phenoxy) is 1. The molecule has 0 saturated heterocycles. The smallest absolute Gasteiger partial charge is 0.407 e. The van der Waals surface area contributed by atoms with Crippen LogP contribution in [0.5, 0.6) is 0 Å². The van der Waals surface area contributed by atoms with E-state index in [0.717, 1.165) is 24.8 Å². The Morgan fingerprint density at radius 1 is 1.35 bits per heavy atom. The highest BCUT2D eigenvalue weighted by Gasteiger charge is 2.07. The molecule has 0 aromatic heterocycles. The SMILES string of the molecule is CCCC[C@H](C)NC(=O)OCc1ccccc1. The van der Waals surface area contributed by atoms with Gasteiger partial charge in [0.25, 0.3) is 0 Å². The molecule has 3 nitrogen and oxygen atoms in total. The number of rotatable bonds is 6. The fraction of sp³-hybridized carbons (Fsp3) is 0.500. The highest BCUT2D eigenvalue weighted by atomic mass is 16.5. The van der Waals surface area contributed by atoms with Crippen LogP contribution in [0.25, 0.3) is 0 Å². The van der Waals surface area contributed by atoms with Gasteiger partial charge in [-0.1, -0.05) is 50.1 Å². The lowest BCUT2D eigenvalue weighted by Crippen LogP contribution is -2.32. The summed E-state index contributed by atoms with van der Waals surface area (Å²) in [5, 5.41) is 2.82. The second-order valence-electron chi connectivity index (χ2n) is 4.25. The van der Waals surface area contributed by atoms with Crippen LogP contribution in [0, 0.1) is 0 Å². The number of carbonyl (C=O) groups is 1. The standard InChI is InChI=1S/C14H21NO2/c1-3-4-8-12(2)15-14(16)17-11-13-9-6-5-7-10-13/h5-7,9-10,12H,3-4,8,11H2,1-2H3,(H,15,16)/t12-/m0/s1. The normalized spacial score (nSPS) is 11.9. The lowest BCUT2D eigenvalue weighted by molar-refractivity contribution is 0.136. The first-order chi connectivity index (χ1) is 8.22. The van der Waals surface area contributed by atoms with Gasteiger partial charge in [-0.3, -0.25) is 0 Å². The molecule has 1 rings (SSSR count). The van der Waals surface area contributed by atoms with Crippen LogP contribution in [-0.2, 0) is 11.3 Å². The Bertz CT molecular complexity index is 324. The molecule has 94 valence electrons. The lowest BCUT2D eigenvalue weighted by atomic mass is 10.1. The Hall–Kier alpha value is -1.51. The zero-order valence-electron chi connectivity index (χ0n) is 10.6. The van der Waals surface area contributed by atoms with Gasteiger partial charge >= 0.3 is 6.09 Å². The summed E-state index contributed by atoms with van der Waals surface area (Å²) in [6.45, 7) is 4.47. The van der Waals surface area contributed by atoms with Gasteiger partial charge in [0.2, 0.25) is 0 Å². The maximum Gasteiger partial charge on any atom is 0.407 e. The minimum absolute atomic E-state index is 0.179. The van der Waals surface area contributed by atoms with Gasteiger partial charge < -0.3 is 10.1 Å². The fourth-order valence-corrected chi connectivity index (χ4v) is 1.55. The molecule has 0 bridgehead atoms. The Kier molecular flexibility index (Phi) is 6.15. The molecule has 0 aliphatic heterocycles. The highest BCUT2D eigenvalue weighted by molar-refractivity contribution is 5.67. The largest absolute Gasteiger partial charge is 0.445 e. The predicted octanol–water partition coefficient (Wildman–Crippen LogP) is 3.49. The monoisotopic (exact) mass is 235 g/mol. The van der Waals surface area contributed by atoms with E-state index in [9.17, 15) is 4.79 Å². The van der Waals surface area contributed by atoms with E-state index in [-0.39, 0.29) is 12.1 Å². The number of carbonyl (C=O) groups excluding carboxylic acids is 1. The van der Waals surface area contributed by atoms with Crippen molar-refractivity contribution in [2.75, 3.05) is 0 Å². The molecule has 0 spiro atoms. The van der Waals surface area contributed by atoms with E-state index in [2.05, 4.69) is 12.2 Å². The highest BCUT2D eigenvalue weighted by Crippen LogP contribution is 2.02. The second-order valence-corrected chi connectivity index (χ2v) is 4.25. The van der Waals surface area contributed by atoms with E-state index >= 15 is 0 Å². The number of unbranched alkanes of at least 4 members (excludes halogenated alkanes) is 1. The first-order valence-electron chi connectivity index (χ1n) is 6.19. The summed E-state index contributed by atoms with van der Waals surface area (Å²) in [4.78, 5) is 11.5. The number of benzene rings is 1. The Balaban J connectivity index is 2.21. The average molecular weight is 235 g/mol. The van der Waals surface area contributed by atoms with Crippen LogP contribution in [0.1, 0.15) is 38.7 Å². The predicted molar refractivity (Wildman–Crippen MR) is 68.7 cm³/mol. The number of nitrogens with one attached hydrogen (secondary N) is 1. The first kappa shape index (κ1) is 13.6. The maximum absolute atomic E-state index is 11.5. The molecule has 0 unspecified atom stereocenters. The summed E-state index contributed by atoms with van der Waals surface area (Å²) >= 11 is 0. The zero-order valence-corrected chi connectivity index (χ0v) is 10.6. The molecule has 17 heavy (non-hydrogen) atoms. The molecular formula is C14H21NO2. The molecule has 0 aliphatic rings. The fourth-order valence-electron chi connectivity index (χ4n) is 1.55. The molecule has 1 atom stereocenters. The molecule has 1 aromatic carbocycles. The topological polar surface area (TPSA) is 38.3 Å². The van der Waals surface area contributed by atoms with Gasteiger partial charge in [-0.15, -0.1) is 0 Å². The lowest BCUT2D eigenvalue weighted by Gasteiger charge is -2.13. The third-order valence-corrected chi connectivity index (χ3v) is 2.57. The van der Waals surface area contributed by atoms with Gasteiger partial charge in [0.15, 0.2) is 0 Å². The third-order valence-electron chi connectivity index (χ3n) is 2.57. The van der Waals surface area contributed by atoms with Crippen molar-refractivity contribution in [3.8, 4) is 0 Å². The van der Waals surface area contributed by atoms with Crippen molar-refractivity contribution >= 4 is 6.09 Å². The molecule has 0 fully saturated rings. The Morgan fingerprint density at radius 2 is 2.06 bits per heavy atom. The molecule has 3 heteroatoms. The minimum Gasteiger partial charge on any atom is -0.445 e. The van der Waals surface area contributed by atoms with Crippen molar-refractivity contribution < 1.29 is 9.53 Å². The first-order valence-corrected chi connectivity index (χ1v) is 6.19. The van der Waals surface area contributed by atoms with Crippen molar-refractivity contribution in [3.05, 3.63) is 35.9 Å². The van der Waals surface area contributed by atoms with Gasteiger partial charge in [-0.2, -0.15) is 0 Å². The van der Waals surface area contributed by atoms with Crippen molar-refractivity contribution in [1.29, 1.82) is 0 Å². The van der Waals surface area contributed by atoms with Crippen molar-refractivity contribution in [3.63, 3.8) is 0 Å². The minimum atomic E-state index is -0.336. The zero-order chi connectivity index (χ0) is 12.5. The summed E-state index contributed by atoms with van der Waals surface area (Å²) in [5.41, 5.74) is 1.00. The third kappa shape index (κ3) is 5.95. The van der Waals surface area contributed by atoms with E-state index in [0.29, 0.717) is 6.61 Å². The molecule has 0 radical (unpaired) electrons. The number of hydrogen-bond donors (Lipinski definition) is 1. The number of hydrogen-bond acceptors (Lipinski definition) is 2. The van der Waals surface area contributed by atoms with Crippen LogP contribution < -0.4 is 5.32 Å². The second kappa shape index (κ2) is 7.71. The van der Waals surface area contributed by atoms with E-state index < -0.39 is 0 Å². The number of alkyl carbamates (subject to hydrolysis) is 1. The molecule has 0 heterocycles. The average Bonchev–Trinajstić information content (AvgIpc) is 2.35. The van der Waals surface area contributed by atoms with Crippen molar-refractivity contribution in [1.82, 2.24) is 5.32 Å². The molecule has 1 amide bonds. The van der Waals surface area contributed by atoms with E-state index in [1.165, 1.54) is 0 Å². The Labute approximate surface area is 103 Å². The summed E-state index contributed by atoms with van der Waals surface area (Å²) < 4.78 is 5.13. The summed E-state index contributed by atoms with van der Waals surface area (Å²) in [5.74, 6) is 0. The van der Waals surface area contributed by atoms with Gasteiger partial charge in [-0.25, -0.2) is 4.79 Å². The molecule has 0 saturated carbocycles. The maximum atomic E-state index is 11.5. The van der Waals surface area contributed by atoms with Gasteiger partial charge in [-0.05, 0) is 18.9 Å². The molecule has 1 N–H and O–H groups in total. The van der Waals surface area contributed by atoms with Crippen LogP contribution in [0.3, 0.4) is 0 Å². The molecule has 0 aliphatic carbocycles. The van der Waals surface area contributed by atoms with Crippen LogP contribution >= 0.6 is 0 Å². The van der Waals surface area contributed by atoms with Crippen molar-refractivity contribution in [2.24, 2.45) is 0 Å². The van der Waals surface area contributed by atoms with Crippen LogP contribution in [-0.4, -0.2) is 12.1 Å². The van der Waals surface area contributed by atoms with Gasteiger partial charge in [0.05, 0.1) is 0 Å². The summed E-state index contributed by atoms with van der Waals surface area (Å²) in [7, 11) is 0. The van der Waals surface area contributed by atoms with E-state index in [4.69, 9.17) is 4.74 Å². The van der Waals surface area contributed by atoms with Crippen LogP contribution in [0.4, 0.5) is 4.79 Å². The van der Waals surface area contributed by atoms with Crippen molar-refractivity contribution in [2.45, 2.75) is 45.8 Å². The quantitative estimate of drug-likeness (QED) is 0.819. The van der Waals surface area contributed by atoms with Gasteiger partial charge in [0.1, 0.15) is 6.61 Å². The van der Waals surface area contributed by atoms with Crippen LogP contribution in [0.2, 0.25) is 0 Å². The van der Waals surface area contributed by atoms with Crippen LogP contribution in [0.15, 0.2) is 30.3 Å². The number of amides is 1. The molecule has 1 aromatic rings. The van der Waals surface area contributed by atoms with Gasteiger partial charge in [0, 0.05) is 6.04 Å². The van der Waals surface area contributed by atoms with E-state index in [1.807, 2.05) is 37.3 Å². The summed E-state index contributed by atoms with van der Waals surface area (Å²) in [6.07, 6.45) is 2.93. The van der Waals surface area contributed by atoms with E-state index in [1.54, 1.807) is 0 Å². The molecular weight excluding hydrogens is 214 g/mol.